The second kappa shape index (κ2) is 6.43. The molecule has 0 aromatic heterocycles. The standard InChI is InChI=1S/C10H12F6O.C5H12O/c1-7(17,10(14,15)16)8(11)5-2-3-6(4-5)9(8,12)13;1-4-5(2)6-3/h5-6,17H,2-4H2,1H3;5H,4H2,1-3H3. The van der Waals surface area contributed by atoms with Gasteiger partial charge in [-0.3, -0.25) is 0 Å². The minimum absolute atomic E-state index is 0.0112. The zero-order chi connectivity index (χ0) is 18.3. The van der Waals surface area contributed by atoms with Gasteiger partial charge in [0.1, 0.15) is 0 Å². The molecule has 5 unspecified atom stereocenters. The minimum Gasteiger partial charge on any atom is -0.382 e. The van der Waals surface area contributed by atoms with E-state index in [9.17, 15) is 31.4 Å². The molecule has 2 bridgehead atoms. The topological polar surface area (TPSA) is 29.5 Å². The lowest BCUT2D eigenvalue weighted by Crippen LogP contribution is -2.68. The normalized spacial score (nSPS) is 36.1. The molecule has 2 rings (SSSR count). The van der Waals surface area contributed by atoms with Crippen LogP contribution in [0.15, 0.2) is 0 Å². The largest absolute Gasteiger partial charge is 0.420 e. The Morgan fingerprint density at radius 2 is 1.65 bits per heavy atom. The Morgan fingerprint density at radius 1 is 1.17 bits per heavy atom. The van der Waals surface area contributed by atoms with Gasteiger partial charge < -0.3 is 9.84 Å². The summed E-state index contributed by atoms with van der Waals surface area (Å²) in [6.07, 6.45) is -4.20. The molecule has 2 fully saturated rings. The lowest BCUT2D eigenvalue weighted by molar-refractivity contribution is -0.343. The average molecular weight is 350 g/mol. The number of halogens is 6. The molecule has 0 aromatic rings. The van der Waals surface area contributed by atoms with E-state index in [-0.39, 0.29) is 26.2 Å². The van der Waals surface area contributed by atoms with Gasteiger partial charge in [0.15, 0.2) is 5.60 Å². The Labute approximate surface area is 132 Å². The van der Waals surface area contributed by atoms with Gasteiger partial charge in [-0.05, 0) is 39.5 Å². The molecule has 2 nitrogen and oxygen atoms in total. The first kappa shape index (κ1) is 20.5. The Hall–Kier alpha value is -0.500. The summed E-state index contributed by atoms with van der Waals surface area (Å²) >= 11 is 0. The lowest BCUT2D eigenvalue weighted by Gasteiger charge is -2.46. The van der Waals surface area contributed by atoms with Crippen molar-refractivity contribution in [3.63, 3.8) is 0 Å². The van der Waals surface area contributed by atoms with Gasteiger partial charge in [0, 0.05) is 18.9 Å². The molecule has 0 aliphatic heterocycles. The zero-order valence-electron chi connectivity index (χ0n) is 13.7. The third-order valence-electron chi connectivity index (χ3n) is 5.23. The summed E-state index contributed by atoms with van der Waals surface area (Å²) < 4.78 is 84.3. The highest BCUT2D eigenvalue weighted by Crippen LogP contribution is 2.66. The van der Waals surface area contributed by atoms with Crippen LogP contribution in [0, 0.1) is 11.8 Å². The molecule has 2 aliphatic carbocycles. The van der Waals surface area contributed by atoms with Gasteiger partial charge in [-0.25, -0.2) is 13.2 Å². The maximum Gasteiger partial charge on any atom is 0.420 e. The molecule has 1 N–H and O–H groups in total. The monoisotopic (exact) mass is 350 g/mol. The van der Waals surface area contributed by atoms with Gasteiger partial charge >= 0.3 is 6.18 Å². The van der Waals surface area contributed by atoms with Crippen molar-refractivity contribution >= 4 is 0 Å². The van der Waals surface area contributed by atoms with Gasteiger partial charge in [-0.1, -0.05) is 6.92 Å². The van der Waals surface area contributed by atoms with E-state index in [1.807, 2.05) is 0 Å². The van der Waals surface area contributed by atoms with Crippen LogP contribution in [0.25, 0.3) is 0 Å². The Kier molecular flexibility index (Phi) is 5.74. The van der Waals surface area contributed by atoms with Crippen LogP contribution in [0.4, 0.5) is 26.3 Å². The maximum absolute atomic E-state index is 14.3. The van der Waals surface area contributed by atoms with Crippen molar-refractivity contribution in [2.45, 2.75) is 75.9 Å². The van der Waals surface area contributed by atoms with E-state index in [2.05, 4.69) is 13.8 Å². The predicted octanol–water partition coefficient (Wildman–Crippen LogP) is 4.50. The summed E-state index contributed by atoms with van der Waals surface area (Å²) in [6.45, 7) is 4.26. The van der Waals surface area contributed by atoms with Crippen LogP contribution >= 0.6 is 0 Å². The molecule has 0 saturated heterocycles. The van der Waals surface area contributed by atoms with Gasteiger partial charge in [-0.15, -0.1) is 0 Å². The summed E-state index contributed by atoms with van der Waals surface area (Å²) in [4.78, 5) is 0. The first-order valence-electron chi connectivity index (χ1n) is 7.65. The highest BCUT2D eigenvalue weighted by Gasteiger charge is 2.82. The summed E-state index contributed by atoms with van der Waals surface area (Å²) in [6, 6.07) is 0. The van der Waals surface area contributed by atoms with Crippen molar-refractivity contribution in [3.05, 3.63) is 0 Å². The highest BCUT2D eigenvalue weighted by atomic mass is 19.4. The van der Waals surface area contributed by atoms with Crippen LogP contribution in [0.5, 0.6) is 0 Å². The molecule has 23 heavy (non-hydrogen) atoms. The molecular weight excluding hydrogens is 326 g/mol. The SMILES string of the molecule is CC(O)(C(F)(F)F)C1(F)C2CCC(C2)C1(F)F.CCC(C)OC. The first-order valence-corrected chi connectivity index (χ1v) is 7.65. The number of aliphatic hydroxyl groups is 1. The zero-order valence-corrected chi connectivity index (χ0v) is 13.7. The second-order valence-electron chi connectivity index (χ2n) is 6.57. The Morgan fingerprint density at radius 3 is 1.91 bits per heavy atom. The van der Waals surface area contributed by atoms with Crippen LogP contribution in [0.2, 0.25) is 0 Å². The number of hydrogen-bond donors (Lipinski definition) is 1. The predicted molar refractivity (Wildman–Crippen MR) is 73.1 cm³/mol. The van der Waals surface area contributed by atoms with E-state index in [4.69, 9.17) is 4.74 Å². The van der Waals surface area contributed by atoms with Crippen molar-refractivity contribution in [1.82, 2.24) is 0 Å². The molecule has 8 heteroatoms. The first-order chi connectivity index (χ1) is 10.3. The molecular formula is C15H24F6O2. The number of methoxy groups -OCH3 is 1. The van der Waals surface area contributed by atoms with E-state index in [0.717, 1.165) is 6.42 Å². The van der Waals surface area contributed by atoms with Crippen molar-refractivity contribution in [2.75, 3.05) is 7.11 Å². The molecule has 0 spiro atoms. The molecule has 2 saturated carbocycles. The van der Waals surface area contributed by atoms with Crippen LogP contribution in [0.1, 0.15) is 46.5 Å². The van der Waals surface area contributed by atoms with Gasteiger partial charge in [0.05, 0.1) is 6.10 Å². The van der Waals surface area contributed by atoms with Gasteiger partial charge in [-0.2, -0.15) is 13.2 Å². The third-order valence-corrected chi connectivity index (χ3v) is 5.23. The third kappa shape index (κ3) is 3.08. The van der Waals surface area contributed by atoms with E-state index in [0.29, 0.717) is 6.10 Å². The number of ether oxygens (including phenoxy) is 1. The van der Waals surface area contributed by atoms with Gasteiger partial charge in [0.25, 0.3) is 5.92 Å². The minimum atomic E-state index is -5.42. The van der Waals surface area contributed by atoms with E-state index >= 15 is 0 Å². The molecule has 0 aromatic carbocycles. The van der Waals surface area contributed by atoms with Crippen LogP contribution in [-0.4, -0.2) is 41.7 Å². The number of fused-ring (bicyclic) bond motifs is 2. The number of hydrogen-bond acceptors (Lipinski definition) is 2. The van der Waals surface area contributed by atoms with Crippen LogP contribution in [-0.2, 0) is 4.74 Å². The fourth-order valence-electron chi connectivity index (χ4n) is 3.34. The summed E-state index contributed by atoms with van der Waals surface area (Å²) in [5, 5.41) is 9.29. The Bertz CT molecular complexity index is 405. The van der Waals surface area contributed by atoms with E-state index < -0.39 is 35.2 Å². The molecule has 0 heterocycles. The highest BCUT2D eigenvalue weighted by molar-refractivity contribution is 5.21. The molecule has 0 radical (unpaired) electrons. The number of rotatable bonds is 3. The van der Waals surface area contributed by atoms with E-state index in [1.54, 1.807) is 7.11 Å². The number of alkyl halides is 6. The smallest absolute Gasteiger partial charge is 0.382 e. The molecule has 138 valence electrons. The summed E-state index contributed by atoms with van der Waals surface area (Å²) in [5.41, 5.74) is -7.94. The van der Waals surface area contributed by atoms with Crippen molar-refractivity contribution in [1.29, 1.82) is 0 Å². The average Bonchev–Trinajstić information content (AvgIpc) is 3.00. The quantitative estimate of drug-likeness (QED) is 0.759. The maximum atomic E-state index is 14.3. The van der Waals surface area contributed by atoms with Crippen LogP contribution in [0.3, 0.4) is 0 Å². The second-order valence-corrected chi connectivity index (χ2v) is 6.57. The molecule has 2 aliphatic rings. The summed E-state index contributed by atoms with van der Waals surface area (Å²) in [7, 11) is 1.73. The van der Waals surface area contributed by atoms with Crippen molar-refractivity contribution < 1.29 is 36.2 Å². The Balaban J connectivity index is 0.000000379. The fourth-order valence-corrected chi connectivity index (χ4v) is 3.34. The van der Waals surface area contributed by atoms with Crippen LogP contribution < -0.4 is 0 Å². The fraction of sp³-hybridized carbons (Fsp3) is 1.00. The van der Waals surface area contributed by atoms with Crippen molar-refractivity contribution in [2.24, 2.45) is 11.8 Å². The van der Waals surface area contributed by atoms with E-state index in [1.165, 1.54) is 0 Å². The van der Waals surface area contributed by atoms with Gasteiger partial charge in [0.2, 0.25) is 5.67 Å². The molecule has 0 amide bonds. The summed E-state index contributed by atoms with van der Waals surface area (Å²) in [5.74, 6) is -6.96. The lowest BCUT2D eigenvalue weighted by atomic mass is 9.71. The van der Waals surface area contributed by atoms with Crippen molar-refractivity contribution in [3.8, 4) is 0 Å². The molecule has 5 atom stereocenters.